The van der Waals surface area contributed by atoms with Gasteiger partial charge in [0.15, 0.2) is 0 Å². The van der Waals surface area contributed by atoms with Crippen LogP contribution in [0.1, 0.15) is 29.1 Å². The molecule has 0 spiro atoms. The van der Waals surface area contributed by atoms with Crippen molar-refractivity contribution in [3.63, 3.8) is 0 Å². The first kappa shape index (κ1) is 14.0. The lowest BCUT2D eigenvalue weighted by atomic mass is 10.1. The van der Waals surface area contributed by atoms with Crippen LogP contribution in [0.3, 0.4) is 0 Å². The molecule has 0 saturated carbocycles. The minimum absolute atomic E-state index is 0.392. The van der Waals surface area contributed by atoms with Crippen LogP contribution in [0.25, 0.3) is 0 Å². The fourth-order valence-corrected chi connectivity index (χ4v) is 2.80. The fourth-order valence-electron chi connectivity index (χ4n) is 1.97. The van der Waals surface area contributed by atoms with Gasteiger partial charge in [0.05, 0.1) is 17.7 Å². The lowest BCUT2D eigenvalue weighted by molar-refractivity contribution is 0.652. The predicted molar refractivity (Wildman–Crippen MR) is 82.9 cm³/mol. The van der Waals surface area contributed by atoms with Crippen molar-refractivity contribution in [1.82, 2.24) is 10.3 Å². The molecular formula is C15H21N3S. The summed E-state index contributed by atoms with van der Waals surface area (Å²) in [6, 6.07) is 9.13. The second-order valence-corrected chi connectivity index (χ2v) is 5.76. The maximum atomic E-state index is 4.30. The van der Waals surface area contributed by atoms with Gasteiger partial charge in [0, 0.05) is 23.7 Å². The van der Waals surface area contributed by atoms with Crippen LogP contribution in [0.15, 0.2) is 29.8 Å². The molecule has 0 aliphatic carbocycles. The summed E-state index contributed by atoms with van der Waals surface area (Å²) < 4.78 is 0. The fraction of sp³-hybridized carbons (Fsp3) is 0.400. The van der Waals surface area contributed by atoms with E-state index in [9.17, 15) is 0 Å². The van der Waals surface area contributed by atoms with Crippen molar-refractivity contribution < 1.29 is 0 Å². The second kappa shape index (κ2) is 6.17. The summed E-state index contributed by atoms with van der Waals surface area (Å²) in [6.45, 7) is 5.15. The van der Waals surface area contributed by atoms with E-state index < -0.39 is 0 Å². The van der Waals surface area contributed by atoms with E-state index in [1.54, 1.807) is 11.3 Å². The molecule has 3 nitrogen and oxygen atoms in total. The number of thiazole rings is 1. The molecule has 0 amide bonds. The maximum Gasteiger partial charge on any atom is 0.0798 e. The average Bonchev–Trinajstić information content (AvgIpc) is 2.83. The average molecular weight is 275 g/mol. The summed E-state index contributed by atoms with van der Waals surface area (Å²) in [5, 5.41) is 3.25. The smallest absolute Gasteiger partial charge is 0.0798 e. The first-order valence-corrected chi connectivity index (χ1v) is 7.37. The van der Waals surface area contributed by atoms with E-state index in [4.69, 9.17) is 0 Å². The van der Waals surface area contributed by atoms with Crippen LogP contribution in [0.4, 0.5) is 5.69 Å². The molecule has 1 N–H and O–H groups in total. The number of anilines is 1. The number of hydrogen-bond donors (Lipinski definition) is 1. The zero-order valence-corrected chi connectivity index (χ0v) is 12.8. The van der Waals surface area contributed by atoms with E-state index in [1.165, 1.54) is 16.1 Å². The Morgan fingerprint density at radius 2 is 2.00 bits per heavy atom. The Kier molecular flexibility index (Phi) is 4.56. The van der Waals surface area contributed by atoms with Crippen LogP contribution < -0.4 is 10.2 Å². The van der Waals surface area contributed by atoms with Crippen LogP contribution in [0.2, 0.25) is 0 Å². The molecule has 0 radical (unpaired) electrons. The number of hydrogen-bond acceptors (Lipinski definition) is 4. The molecule has 1 aromatic heterocycles. The van der Waals surface area contributed by atoms with Crippen LogP contribution in [-0.4, -0.2) is 19.1 Å². The third-order valence-corrected chi connectivity index (χ3v) is 4.41. The summed E-state index contributed by atoms with van der Waals surface area (Å²) in [6.07, 6.45) is 0. The van der Waals surface area contributed by atoms with Gasteiger partial charge in [0.2, 0.25) is 0 Å². The minimum atomic E-state index is 0.392. The van der Waals surface area contributed by atoms with Gasteiger partial charge >= 0.3 is 0 Å². The van der Waals surface area contributed by atoms with E-state index >= 15 is 0 Å². The summed E-state index contributed by atoms with van der Waals surface area (Å²) in [5.74, 6) is 0. The molecule has 19 heavy (non-hydrogen) atoms. The molecule has 4 heteroatoms. The van der Waals surface area contributed by atoms with Crippen molar-refractivity contribution in [3.05, 3.63) is 45.9 Å². The summed E-state index contributed by atoms with van der Waals surface area (Å²) in [5.41, 5.74) is 5.60. The molecule has 0 saturated heterocycles. The highest BCUT2D eigenvalue weighted by molar-refractivity contribution is 7.09. The highest BCUT2D eigenvalue weighted by atomic mass is 32.1. The van der Waals surface area contributed by atoms with Crippen LogP contribution in [-0.2, 0) is 6.54 Å². The SMILES string of the molecule is CNC(C)c1ccc(N(C)Cc2scnc2C)cc1. The standard InChI is InChI=1S/C15H21N3S/c1-11(16-3)13-5-7-14(8-6-13)18(4)9-15-12(2)17-10-19-15/h5-8,10-11,16H,9H2,1-4H3. The summed E-state index contributed by atoms with van der Waals surface area (Å²) in [7, 11) is 4.10. The van der Waals surface area contributed by atoms with Gasteiger partial charge in [0.25, 0.3) is 0 Å². The molecule has 1 aromatic carbocycles. The molecule has 1 atom stereocenters. The van der Waals surface area contributed by atoms with Gasteiger partial charge in [-0.25, -0.2) is 4.98 Å². The Morgan fingerprint density at radius 3 is 2.53 bits per heavy atom. The van der Waals surface area contributed by atoms with Crippen LogP contribution >= 0.6 is 11.3 Å². The predicted octanol–water partition coefficient (Wildman–Crippen LogP) is 3.37. The second-order valence-electron chi connectivity index (χ2n) is 4.82. The third-order valence-electron chi connectivity index (χ3n) is 3.49. The van der Waals surface area contributed by atoms with Gasteiger partial charge < -0.3 is 10.2 Å². The molecule has 0 aliphatic heterocycles. The van der Waals surface area contributed by atoms with Crippen LogP contribution in [0, 0.1) is 6.92 Å². The van der Waals surface area contributed by atoms with Crippen molar-refractivity contribution in [3.8, 4) is 0 Å². The number of benzene rings is 1. The molecule has 0 aliphatic rings. The Labute approximate surface area is 119 Å². The lowest BCUT2D eigenvalue weighted by Gasteiger charge is -2.20. The molecule has 2 rings (SSSR count). The lowest BCUT2D eigenvalue weighted by Crippen LogP contribution is -2.17. The molecule has 1 unspecified atom stereocenters. The van der Waals surface area contributed by atoms with Gasteiger partial charge in [-0.15, -0.1) is 11.3 Å². The first-order chi connectivity index (χ1) is 9.11. The number of nitrogens with zero attached hydrogens (tertiary/aromatic N) is 2. The summed E-state index contributed by atoms with van der Waals surface area (Å²) >= 11 is 1.72. The number of aryl methyl sites for hydroxylation is 1. The summed E-state index contributed by atoms with van der Waals surface area (Å²) in [4.78, 5) is 7.88. The molecule has 102 valence electrons. The van der Waals surface area contributed by atoms with Gasteiger partial charge in [-0.2, -0.15) is 0 Å². The Morgan fingerprint density at radius 1 is 1.32 bits per heavy atom. The topological polar surface area (TPSA) is 28.2 Å². The van der Waals surface area contributed by atoms with Crippen molar-refractivity contribution in [2.75, 3.05) is 19.0 Å². The zero-order chi connectivity index (χ0) is 13.8. The Balaban J connectivity index is 2.07. The zero-order valence-electron chi connectivity index (χ0n) is 12.0. The minimum Gasteiger partial charge on any atom is -0.369 e. The van der Waals surface area contributed by atoms with Gasteiger partial charge in [-0.3, -0.25) is 0 Å². The number of nitrogens with one attached hydrogen (secondary N) is 1. The van der Waals surface area contributed by atoms with Crippen molar-refractivity contribution in [2.24, 2.45) is 0 Å². The number of rotatable bonds is 5. The third kappa shape index (κ3) is 3.33. The van der Waals surface area contributed by atoms with Gasteiger partial charge in [-0.05, 0) is 38.6 Å². The van der Waals surface area contributed by atoms with Crippen molar-refractivity contribution in [2.45, 2.75) is 26.4 Å². The van der Waals surface area contributed by atoms with E-state index in [0.29, 0.717) is 6.04 Å². The first-order valence-electron chi connectivity index (χ1n) is 6.49. The molecule has 1 heterocycles. The highest BCUT2D eigenvalue weighted by Gasteiger charge is 2.08. The number of aromatic nitrogens is 1. The normalized spacial score (nSPS) is 12.4. The Bertz CT molecular complexity index is 518. The quantitative estimate of drug-likeness (QED) is 0.907. The molecular weight excluding hydrogens is 254 g/mol. The molecule has 0 fully saturated rings. The van der Waals surface area contributed by atoms with E-state index in [2.05, 4.69) is 60.4 Å². The van der Waals surface area contributed by atoms with E-state index in [-0.39, 0.29) is 0 Å². The molecule has 2 aromatic rings. The van der Waals surface area contributed by atoms with Crippen molar-refractivity contribution in [1.29, 1.82) is 0 Å². The monoisotopic (exact) mass is 275 g/mol. The Hall–Kier alpha value is -1.39. The van der Waals surface area contributed by atoms with Crippen molar-refractivity contribution >= 4 is 17.0 Å². The highest BCUT2D eigenvalue weighted by Crippen LogP contribution is 2.21. The van der Waals surface area contributed by atoms with Gasteiger partial charge in [0.1, 0.15) is 0 Å². The maximum absolute atomic E-state index is 4.30. The van der Waals surface area contributed by atoms with E-state index in [1.807, 2.05) is 12.6 Å². The van der Waals surface area contributed by atoms with Crippen LogP contribution in [0.5, 0.6) is 0 Å². The largest absolute Gasteiger partial charge is 0.369 e. The molecule has 0 bridgehead atoms. The van der Waals surface area contributed by atoms with E-state index in [0.717, 1.165) is 12.2 Å². The van der Waals surface area contributed by atoms with Gasteiger partial charge in [-0.1, -0.05) is 12.1 Å².